The van der Waals surface area contributed by atoms with E-state index in [0.29, 0.717) is 11.8 Å². The third kappa shape index (κ3) is 1.72. The van der Waals surface area contributed by atoms with E-state index in [0.717, 1.165) is 12.8 Å². The first-order chi connectivity index (χ1) is 11.5. The molecule has 0 saturated heterocycles. The summed E-state index contributed by atoms with van der Waals surface area (Å²) >= 11 is 0. The highest BCUT2D eigenvalue weighted by Gasteiger charge is 2.88. The van der Waals surface area contributed by atoms with Crippen LogP contribution in [0.15, 0.2) is 0 Å². The highest BCUT2D eigenvalue weighted by molar-refractivity contribution is 5.43. The Bertz CT molecular complexity index is 584. The summed E-state index contributed by atoms with van der Waals surface area (Å²) in [4.78, 5) is 0. The van der Waals surface area contributed by atoms with Crippen molar-refractivity contribution in [2.24, 2.45) is 74.6 Å². The van der Waals surface area contributed by atoms with Crippen LogP contribution in [0.3, 0.4) is 0 Å². The lowest BCUT2D eigenvalue weighted by Gasteiger charge is -2.53. The molecule has 0 aliphatic heterocycles. The Kier molecular flexibility index (Phi) is 3.59. The van der Waals surface area contributed by atoms with E-state index >= 15 is 0 Å². The summed E-state index contributed by atoms with van der Waals surface area (Å²) in [6, 6.07) is -1.41. The monoisotopic (exact) mass is 351 g/mol. The van der Waals surface area contributed by atoms with E-state index in [9.17, 15) is 0 Å². The van der Waals surface area contributed by atoms with Gasteiger partial charge in [-0.1, -0.05) is 20.8 Å². The van der Waals surface area contributed by atoms with E-state index in [-0.39, 0.29) is 58.9 Å². The van der Waals surface area contributed by atoms with Crippen LogP contribution in [0, 0.1) is 34.5 Å². The number of nitrogens with two attached hydrogens (primary N) is 7. The zero-order valence-electron chi connectivity index (χ0n) is 15.7. The van der Waals surface area contributed by atoms with Crippen molar-refractivity contribution in [2.75, 3.05) is 0 Å². The van der Waals surface area contributed by atoms with Crippen molar-refractivity contribution in [2.45, 2.75) is 75.4 Å². The number of hydrogen-bond acceptors (Lipinski definition) is 7. The second kappa shape index (κ2) is 4.95. The van der Waals surface area contributed by atoms with Crippen molar-refractivity contribution >= 4 is 0 Å². The highest BCUT2D eigenvalue weighted by Crippen LogP contribution is 2.80. The number of hydrogen-bond donors (Lipinski definition) is 7. The summed E-state index contributed by atoms with van der Waals surface area (Å²) in [6.45, 7) is 6.62. The molecule has 0 radical (unpaired) electrons. The fourth-order valence-corrected chi connectivity index (χ4v) is 7.77. The van der Waals surface area contributed by atoms with Gasteiger partial charge in [-0.2, -0.15) is 0 Å². The Labute approximate surface area is 150 Å². The molecule has 5 aliphatic rings. The molecule has 4 bridgehead atoms. The molecule has 5 saturated carbocycles. The van der Waals surface area contributed by atoms with E-state index in [2.05, 4.69) is 20.8 Å². The Morgan fingerprint density at radius 3 is 2.00 bits per heavy atom. The summed E-state index contributed by atoms with van der Waals surface area (Å²) in [5, 5.41) is 0. The van der Waals surface area contributed by atoms with E-state index in [4.69, 9.17) is 40.1 Å². The van der Waals surface area contributed by atoms with E-state index in [1.165, 1.54) is 0 Å². The first-order valence-electron chi connectivity index (χ1n) is 9.78. The molecule has 7 nitrogen and oxygen atoms in total. The van der Waals surface area contributed by atoms with E-state index in [1.54, 1.807) is 0 Å². The minimum atomic E-state index is -0.436. The molecule has 144 valence electrons. The van der Waals surface area contributed by atoms with Crippen molar-refractivity contribution < 1.29 is 0 Å². The molecular formula is C18H37N7. The van der Waals surface area contributed by atoms with Crippen LogP contribution in [-0.2, 0) is 0 Å². The first kappa shape index (κ1) is 18.1. The van der Waals surface area contributed by atoms with Crippen molar-refractivity contribution in [3.05, 3.63) is 0 Å². The van der Waals surface area contributed by atoms with Crippen LogP contribution in [0.5, 0.6) is 0 Å². The lowest BCUT2D eigenvalue weighted by Crippen LogP contribution is -2.70. The molecule has 12 atom stereocenters. The third-order valence-electron chi connectivity index (χ3n) is 8.91. The zero-order chi connectivity index (χ0) is 18.7. The molecule has 14 N–H and O–H groups in total. The van der Waals surface area contributed by atoms with Gasteiger partial charge in [0.25, 0.3) is 0 Å². The zero-order valence-corrected chi connectivity index (χ0v) is 15.7. The van der Waals surface area contributed by atoms with Gasteiger partial charge in [0, 0.05) is 47.2 Å². The smallest absolute Gasteiger partial charge is 0.0412 e. The maximum Gasteiger partial charge on any atom is 0.0412 e. The molecule has 0 heterocycles. The van der Waals surface area contributed by atoms with Gasteiger partial charge >= 0.3 is 0 Å². The van der Waals surface area contributed by atoms with Crippen LogP contribution in [0.2, 0.25) is 0 Å². The topological polar surface area (TPSA) is 182 Å². The molecule has 0 aromatic heterocycles. The number of rotatable bonds is 2. The van der Waals surface area contributed by atoms with Crippen LogP contribution in [0.1, 0.15) is 33.6 Å². The van der Waals surface area contributed by atoms with Gasteiger partial charge in [0.2, 0.25) is 0 Å². The average molecular weight is 352 g/mol. The maximum absolute atomic E-state index is 7.08. The van der Waals surface area contributed by atoms with Crippen molar-refractivity contribution in [1.29, 1.82) is 0 Å². The van der Waals surface area contributed by atoms with Gasteiger partial charge in [-0.3, -0.25) is 0 Å². The predicted octanol–water partition coefficient (Wildman–Crippen LogP) is -2.02. The van der Waals surface area contributed by atoms with Crippen LogP contribution in [-0.4, -0.2) is 41.8 Å². The van der Waals surface area contributed by atoms with Crippen molar-refractivity contribution in [3.63, 3.8) is 0 Å². The van der Waals surface area contributed by atoms with Gasteiger partial charge in [0.05, 0.1) is 0 Å². The van der Waals surface area contributed by atoms with E-state index < -0.39 is 5.54 Å². The molecule has 5 rings (SSSR count). The Hall–Kier alpha value is -0.280. The van der Waals surface area contributed by atoms with E-state index in [1.807, 2.05) is 0 Å². The quantitative estimate of drug-likeness (QED) is 0.299. The van der Waals surface area contributed by atoms with Crippen LogP contribution >= 0.6 is 0 Å². The van der Waals surface area contributed by atoms with Gasteiger partial charge in [-0.25, -0.2) is 0 Å². The molecule has 0 spiro atoms. The van der Waals surface area contributed by atoms with Crippen molar-refractivity contribution in [1.82, 2.24) is 0 Å². The minimum Gasteiger partial charge on any atom is -0.326 e. The SMILES string of the molecule is CC(C)C[C@@]12C3C(N)C(N)C(N)C3C(N)C(N)C3(C)C[C@@H]1C2(N)C3N. The molecule has 10 unspecified atom stereocenters. The van der Waals surface area contributed by atoms with Crippen LogP contribution < -0.4 is 40.1 Å². The lowest BCUT2D eigenvalue weighted by molar-refractivity contribution is 0.0179. The summed E-state index contributed by atoms with van der Waals surface area (Å²) in [5.41, 5.74) is 46.0. The largest absolute Gasteiger partial charge is 0.326 e. The van der Waals surface area contributed by atoms with Crippen LogP contribution in [0.25, 0.3) is 0 Å². The van der Waals surface area contributed by atoms with Crippen molar-refractivity contribution in [3.8, 4) is 0 Å². The second-order valence-corrected chi connectivity index (χ2v) is 10.2. The van der Waals surface area contributed by atoms with Gasteiger partial charge in [0.15, 0.2) is 0 Å². The Morgan fingerprint density at radius 2 is 1.52 bits per heavy atom. The average Bonchev–Trinajstić information content (AvgIpc) is 2.80. The van der Waals surface area contributed by atoms with Gasteiger partial charge in [-0.15, -0.1) is 0 Å². The maximum atomic E-state index is 7.08. The molecule has 5 aliphatic carbocycles. The Balaban J connectivity index is 1.90. The Morgan fingerprint density at radius 1 is 0.920 bits per heavy atom. The standard InChI is InChI=1S/C18H37N7/c1-6(2)4-17-7-5-16(3,15(24)18(7,17)25)14(23)11(20)8-9(17)12(21)13(22)10(8)19/h6-15H,4-5,19-25H2,1-3H3/t7-,8?,9?,10?,11?,12?,13?,14?,15?,16?,17-,18?/m0/s1. The summed E-state index contributed by atoms with van der Waals surface area (Å²) in [5.74, 6) is 0.914. The van der Waals surface area contributed by atoms with Gasteiger partial charge in [0.1, 0.15) is 0 Å². The fourth-order valence-electron chi connectivity index (χ4n) is 7.77. The first-order valence-corrected chi connectivity index (χ1v) is 9.78. The van der Waals surface area contributed by atoms with Gasteiger partial charge in [-0.05, 0) is 41.9 Å². The summed E-state index contributed by atoms with van der Waals surface area (Å²) in [6.07, 6.45) is 1.92. The van der Waals surface area contributed by atoms with Crippen LogP contribution in [0.4, 0.5) is 0 Å². The molecule has 7 heteroatoms. The highest BCUT2D eigenvalue weighted by atomic mass is 15.1. The summed E-state index contributed by atoms with van der Waals surface area (Å²) < 4.78 is 0. The predicted molar refractivity (Wildman–Crippen MR) is 99.9 cm³/mol. The van der Waals surface area contributed by atoms with Gasteiger partial charge < -0.3 is 40.1 Å². The molecule has 0 aromatic rings. The molecular weight excluding hydrogens is 314 g/mol. The number of fused-ring (bicyclic) bond motifs is 1. The fraction of sp³-hybridized carbons (Fsp3) is 1.00. The normalized spacial score (nSPS) is 65.6. The lowest BCUT2D eigenvalue weighted by atomic mass is 9.56. The summed E-state index contributed by atoms with van der Waals surface area (Å²) in [7, 11) is 0. The minimum absolute atomic E-state index is 0.00111. The molecule has 25 heavy (non-hydrogen) atoms. The third-order valence-corrected chi connectivity index (χ3v) is 8.91. The second-order valence-electron chi connectivity index (χ2n) is 10.2. The molecule has 5 fully saturated rings. The molecule has 0 amide bonds. The molecule has 0 aromatic carbocycles.